The van der Waals surface area contributed by atoms with Crippen LogP contribution in [0.5, 0.6) is 5.75 Å². The van der Waals surface area contributed by atoms with Crippen LogP contribution in [-0.2, 0) is 21.4 Å². The van der Waals surface area contributed by atoms with Gasteiger partial charge >= 0.3 is 6.36 Å². The fourth-order valence-corrected chi connectivity index (χ4v) is 4.87. The maximum atomic E-state index is 13.5. The van der Waals surface area contributed by atoms with Crippen LogP contribution in [0.15, 0.2) is 54.6 Å². The summed E-state index contributed by atoms with van der Waals surface area (Å²) in [6, 6.07) is 15.0. The van der Waals surface area contributed by atoms with Crippen LogP contribution in [0.3, 0.4) is 0 Å². The molecule has 0 aromatic heterocycles. The molecule has 1 aliphatic heterocycles. The van der Waals surface area contributed by atoms with Crippen molar-refractivity contribution in [1.29, 1.82) is 0 Å². The number of halogens is 3. The Bertz CT molecular complexity index is 1030. The summed E-state index contributed by atoms with van der Waals surface area (Å²) >= 11 is 0. The molecule has 0 spiro atoms. The number of piperidine rings is 1. The number of benzene rings is 2. The first kappa shape index (κ1) is 26.0. The highest BCUT2D eigenvalue weighted by molar-refractivity contribution is 5.95. The fourth-order valence-electron chi connectivity index (χ4n) is 4.87. The number of nitrogens with zero attached hydrogens (tertiary/aromatic N) is 1. The number of aryl methyl sites for hydroxylation is 1. The zero-order valence-electron chi connectivity index (χ0n) is 20.3. The molecule has 1 saturated heterocycles. The zero-order valence-corrected chi connectivity index (χ0v) is 20.3. The number of alkyl halides is 3. The van der Waals surface area contributed by atoms with Gasteiger partial charge < -0.3 is 20.3 Å². The summed E-state index contributed by atoms with van der Waals surface area (Å²) in [5.41, 5.74) is 0.875. The van der Waals surface area contributed by atoms with Gasteiger partial charge in [-0.1, -0.05) is 42.5 Å². The summed E-state index contributed by atoms with van der Waals surface area (Å²) in [7, 11) is 1.92. The summed E-state index contributed by atoms with van der Waals surface area (Å²) in [6.07, 6.45) is -0.799. The van der Waals surface area contributed by atoms with E-state index in [4.69, 9.17) is 0 Å². The lowest BCUT2D eigenvalue weighted by atomic mass is 9.93. The van der Waals surface area contributed by atoms with Crippen LogP contribution in [0.25, 0.3) is 0 Å². The number of ether oxygens (including phenoxy) is 1. The Hall–Kier alpha value is -3.07. The Morgan fingerprint density at radius 2 is 1.69 bits per heavy atom. The van der Waals surface area contributed by atoms with E-state index in [0.29, 0.717) is 50.4 Å². The predicted octanol–water partition coefficient (Wildman–Crippen LogP) is 3.94. The van der Waals surface area contributed by atoms with Crippen molar-refractivity contribution in [3.63, 3.8) is 0 Å². The monoisotopic (exact) mass is 503 g/mol. The number of carbonyl (C=O) groups excluding carboxylic acids is 2. The molecule has 0 bridgehead atoms. The van der Waals surface area contributed by atoms with Crippen molar-refractivity contribution >= 4 is 11.8 Å². The normalized spacial score (nSPS) is 18.4. The smallest absolute Gasteiger partial charge is 0.406 e. The molecule has 2 aromatic rings. The molecule has 4 rings (SSSR count). The minimum atomic E-state index is -4.77. The lowest BCUT2D eigenvalue weighted by Crippen LogP contribution is -2.54. The van der Waals surface area contributed by atoms with E-state index in [-0.39, 0.29) is 17.6 Å². The highest BCUT2D eigenvalue weighted by atomic mass is 19.4. The average molecular weight is 504 g/mol. The predicted molar refractivity (Wildman–Crippen MR) is 129 cm³/mol. The van der Waals surface area contributed by atoms with Crippen molar-refractivity contribution < 1.29 is 27.5 Å². The Balaban J connectivity index is 1.46. The third-order valence-corrected chi connectivity index (χ3v) is 7.21. The SMILES string of the molecule is CNC1CCN(C(=O)C(CCc2ccccc2)NC(=O)C2(c3ccc(OC(F)(F)F)cc3)CC2)CC1. The van der Waals surface area contributed by atoms with E-state index in [2.05, 4.69) is 15.4 Å². The molecule has 2 aromatic carbocycles. The summed E-state index contributed by atoms with van der Waals surface area (Å²) in [5, 5.41) is 6.26. The lowest BCUT2D eigenvalue weighted by molar-refractivity contribution is -0.274. The second-order valence-electron chi connectivity index (χ2n) is 9.59. The van der Waals surface area contributed by atoms with Crippen LogP contribution in [0.4, 0.5) is 13.2 Å². The van der Waals surface area contributed by atoms with E-state index >= 15 is 0 Å². The Kier molecular flexibility index (Phi) is 7.88. The van der Waals surface area contributed by atoms with Crippen LogP contribution >= 0.6 is 0 Å². The first-order valence-corrected chi connectivity index (χ1v) is 12.4. The van der Waals surface area contributed by atoms with E-state index in [9.17, 15) is 22.8 Å². The van der Waals surface area contributed by atoms with E-state index in [1.165, 1.54) is 24.3 Å². The molecule has 1 aliphatic carbocycles. The minimum Gasteiger partial charge on any atom is -0.406 e. The fraction of sp³-hybridized carbons (Fsp3) is 0.481. The van der Waals surface area contributed by atoms with Gasteiger partial charge in [0.1, 0.15) is 11.8 Å². The molecule has 0 radical (unpaired) electrons. The number of amides is 2. The average Bonchev–Trinajstić information content (AvgIpc) is 3.68. The maximum absolute atomic E-state index is 13.5. The number of carbonyl (C=O) groups is 2. The summed E-state index contributed by atoms with van der Waals surface area (Å²) in [4.78, 5) is 28.8. The molecule has 2 aliphatic rings. The topological polar surface area (TPSA) is 70.7 Å². The highest BCUT2D eigenvalue weighted by Crippen LogP contribution is 2.49. The number of nitrogens with one attached hydrogen (secondary N) is 2. The van der Waals surface area contributed by atoms with E-state index in [1.807, 2.05) is 42.3 Å². The second-order valence-corrected chi connectivity index (χ2v) is 9.59. The van der Waals surface area contributed by atoms with E-state index in [1.54, 1.807) is 0 Å². The Morgan fingerprint density at radius 1 is 1.06 bits per heavy atom. The van der Waals surface area contributed by atoms with Gasteiger partial charge in [0.05, 0.1) is 5.41 Å². The summed E-state index contributed by atoms with van der Waals surface area (Å²) in [6.45, 7) is 1.27. The van der Waals surface area contributed by atoms with Crippen LogP contribution in [0, 0.1) is 0 Å². The number of hydrogen-bond donors (Lipinski definition) is 2. The van der Waals surface area contributed by atoms with Crippen molar-refractivity contribution in [2.24, 2.45) is 0 Å². The first-order chi connectivity index (χ1) is 17.2. The van der Waals surface area contributed by atoms with Crippen molar-refractivity contribution in [2.75, 3.05) is 20.1 Å². The minimum absolute atomic E-state index is 0.0847. The second kappa shape index (κ2) is 10.9. The Morgan fingerprint density at radius 3 is 2.25 bits per heavy atom. The van der Waals surface area contributed by atoms with Gasteiger partial charge in [-0.25, -0.2) is 0 Å². The summed E-state index contributed by atoms with van der Waals surface area (Å²) in [5.74, 6) is -0.676. The molecule has 2 fully saturated rings. The molecule has 1 saturated carbocycles. The molecular weight excluding hydrogens is 471 g/mol. The molecule has 9 heteroatoms. The standard InChI is InChI=1S/C27H32F3N3O3/c1-31-21-13-17-33(18-14-21)24(34)23(12-7-19-5-3-2-4-6-19)32-25(35)26(15-16-26)20-8-10-22(11-9-20)36-27(28,29)30/h2-6,8-11,21,23,31H,7,12-18H2,1H3,(H,32,35). The highest BCUT2D eigenvalue weighted by Gasteiger charge is 2.52. The van der Waals surface area contributed by atoms with Gasteiger partial charge in [-0.2, -0.15) is 0 Å². The number of hydrogen-bond acceptors (Lipinski definition) is 4. The van der Waals surface area contributed by atoms with Crippen molar-refractivity contribution in [1.82, 2.24) is 15.5 Å². The molecule has 1 unspecified atom stereocenters. The van der Waals surface area contributed by atoms with E-state index in [0.717, 1.165) is 18.4 Å². The van der Waals surface area contributed by atoms with Gasteiger partial charge in [0.2, 0.25) is 11.8 Å². The summed E-state index contributed by atoms with van der Waals surface area (Å²) < 4.78 is 41.4. The van der Waals surface area contributed by atoms with Gasteiger partial charge in [0.25, 0.3) is 0 Å². The third kappa shape index (κ3) is 6.37. The molecule has 2 amide bonds. The lowest BCUT2D eigenvalue weighted by Gasteiger charge is -2.34. The van der Waals surface area contributed by atoms with Gasteiger partial charge in [-0.05, 0) is 68.8 Å². The van der Waals surface area contributed by atoms with Crippen LogP contribution in [-0.4, -0.2) is 55.3 Å². The van der Waals surface area contributed by atoms with Gasteiger partial charge in [-0.3, -0.25) is 9.59 Å². The van der Waals surface area contributed by atoms with Gasteiger partial charge in [-0.15, -0.1) is 13.2 Å². The largest absolute Gasteiger partial charge is 0.573 e. The molecule has 1 heterocycles. The van der Waals surface area contributed by atoms with Crippen molar-refractivity contribution in [3.05, 3.63) is 65.7 Å². The number of rotatable bonds is 9. The van der Waals surface area contributed by atoms with E-state index < -0.39 is 17.8 Å². The van der Waals surface area contributed by atoms with Gasteiger partial charge in [0, 0.05) is 19.1 Å². The van der Waals surface area contributed by atoms with Crippen molar-refractivity contribution in [2.45, 2.75) is 62.4 Å². The molecule has 6 nitrogen and oxygen atoms in total. The molecule has 194 valence electrons. The molecule has 1 atom stereocenters. The first-order valence-electron chi connectivity index (χ1n) is 12.4. The quantitative estimate of drug-likeness (QED) is 0.544. The van der Waals surface area contributed by atoms with Crippen LogP contribution in [0.2, 0.25) is 0 Å². The molecular formula is C27H32F3N3O3. The Labute approximate surface area is 209 Å². The molecule has 2 N–H and O–H groups in total. The maximum Gasteiger partial charge on any atom is 0.573 e. The molecule has 36 heavy (non-hydrogen) atoms. The third-order valence-electron chi connectivity index (χ3n) is 7.21. The number of likely N-dealkylation sites (tertiary alicyclic amines) is 1. The van der Waals surface area contributed by atoms with Crippen LogP contribution in [0.1, 0.15) is 43.2 Å². The zero-order chi connectivity index (χ0) is 25.8. The van der Waals surface area contributed by atoms with Crippen LogP contribution < -0.4 is 15.4 Å². The van der Waals surface area contributed by atoms with Crippen molar-refractivity contribution in [3.8, 4) is 5.75 Å². The van der Waals surface area contributed by atoms with Gasteiger partial charge in [0.15, 0.2) is 0 Å².